The number of ketones is 2. The largest absolute Gasteiger partial charge is 0.462 e. The third-order valence-corrected chi connectivity index (χ3v) is 1.81. The number of allylic oxidation sites excluding steroid dienone is 1. The number of Topliss-reactive ketones (excluding diaryl/α,β-unsaturated/α-hetero) is 2. The van der Waals surface area contributed by atoms with E-state index in [1.807, 2.05) is 0 Å². The molecule has 0 aliphatic carbocycles. The molecule has 0 aromatic carbocycles. The first kappa shape index (κ1) is 10.4. The minimum absolute atomic E-state index is 0.166. The molecule has 0 aliphatic rings. The van der Waals surface area contributed by atoms with Gasteiger partial charge in [0.2, 0.25) is 0 Å². The second kappa shape index (κ2) is 4.05. The van der Waals surface area contributed by atoms with Gasteiger partial charge in [0.25, 0.3) is 0 Å². The van der Waals surface area contributed by atoms with Crippen molar-refractivity contribution in [3.8, 4) is 0 Å². The molecule has 0 spiro atoms. The number of rotatable bonds is 3. The molecule has 1 heterocycles. The van der Waals surface area contributed by atoms with Crippen molar-refractivity contribution in [2.45, 2.75) is 20.8 Å². The molecule has 3 nitrogen and oxygen atoms in total. The van der Waals surface area contributed by atoms with Gasteiger partial charge in [-0.05, 0) is 39.0 Å². The number of furan rings is 1. The van der Waals surface area contributed by atoms with E-state index in [0.717, 1.165) is 5.76 Å². The lowest BCUT2D eigenvalue weighted by molar-refractivity contribution is -0.119. The van der Waals surface area contributed by atoms with Crippen molar-refractivity contribution in [1.82, 2.24) is 0 Å². The van der Waals surface area contributed by atoms with Crippen LogP contribution in [0.15, 0.2) is 22.1 Å². The molecule has 0 aliphatic heterocycles. The highest BCUT2D eigenvalue weighted by atomic mass is 16.3. The predicted octanol–water partition coefficient (Wildman–Crippen LogP) is 2.15. The van der Waals surface area contributed by atoms with Crippen molar-refractivity contribution in [3.05, 3.63) is 29.2 Å². The first-order valence-corrected chi connectivity index (χ1v) is 4.30. The molecule has 0 radical (unpaired) electrons. The highest BCUT2D eigenvalue weighted by molar-refractivity contribution is 6.21. The van der Waals surface area contributed by atoms with E-state index in [2.05, 4.69) is 0 Å². The summed E-state index contributed by atoms with van der Waals surface area (Å²) >= 11 is 0. The Kier molecular flexibility index (Phi) is 3.02. The molecule has 1 rings (SSSR count). The molecular formula is C11H12O3. The molecule has 0 amide bonds. The maximum absolute atomic E-state index is 11.1. The maximum atomic E-state index is 11.1. The van der Waals surface area contributed by atoms with Crippen LogP contribution >= 0.6 is 0 Å². The first-order chi connectivity index (χ1) is 6.50. The van der Waals surface area contributed by atoms with Crippen molar-refractivity contribution in [3.63, 3.8) is 0 Å². The van der Waals surface area contributed by atoms with Crippen LogP contribution in [0.25, 0.3) is 6.08 Å². The molecule has 14 heavy (non-hydrogen) atoms. The summed E-state index contributed by atoms with van der Waals surface area (Å²) in [5, 5.41) is 0. The summed E-state index contributed by atoms with van der Waals surface area (Å²) in [6.45, 7) is 4.53. The van der Waals surface area contributed by atoms with Gasteiger partial charge in [-0.1, -0.05) is 0 Å². The second-order valence-corrected chi connectivity index (χ2v) is 3.12. The van der Waals surface area contributed by atoms with Gasteiger partial charge in [-0.15, -0.1) is 0 Å². The fourth-order valence-corrected chi connectivity index (χ4v) is 1.12. The van der Waals surface area contributed by atoms with E-state index in [1.54, 1.807) is 19.1 Å². The zero-order valence-corrected chi connectivity index (χ0v) is 8.46. The van der Waals surface area contributed by atoms with Crippen LogP contribution in [-0.4, -0.2) is 11.6 Å². The second-order valence-electron chi connectivity index (χ2n) is 3.12. The molecule has 0 bridgehead atoms. The third-order valence-electron chi connectivity index (χ3n) is 1.81. The minimum Gasteiger partial charge on any atom is -0.462 e. The smallest absolute Gasteiger partial charge is 0.163 e. The third kappa shape index (κ3) is 2.42. The van der Waals surface area contributed by atoms with Gasteiger partial charge in [0.1, 0.15) is 11.5 Å². The Hall–Kier alpha value is -1.64. The SMILES string of the molecule is CC(=O)C(=Cc1ccc(C)o1)C(C)=O. The van der Waals surface area contributed by atoms with E-state index in [4.69, 9.17) is 4.42 Å². The fourth-order valence-electron chi connectivity index (χ4n) is 1.12. The van der Waals surface area contributed by atoms with Gasteiger partial charge in [-0.3, -0.25) is 9.59 Å². The molecule has 0 saturated carbocycles. The van der Waals surface area contributed by atoms with Crippen molar-refractivity contribution in [2.75, 3.05) is 0 Å². The lowest BCUT2D eigenvalue weighted by Gasteiger charge is -1.95. The molecule has 3 heteroatoms. The van der Waals surface area contributed by atoms with Gasteiger partial charge in [-0.25, -0.2) is 0 Å². The molecular weight excluding hydrogens is 180 g/mol. The minimum atomic E-state index is -0.244. The maximum Gasteiger partial charge on any atom is 0.163 e. The predicted molar refractivity (Wildman–Crippen MR) is 52.8 cm³/mol. The van der Waals surface area contributed by atoms with Crippen molar-refractivity contribution in [1.29, 1.82) is 0 Å². The molecule has 0 unspecified atom stereocenters. The Morgan fingerprint density at radius 3 is 2.14 bits per heavy atom. The van der Waals surface area contributed by atoms with E-state index in [1.165, 1.54) is 19.9 Å². The van der Waals surface area contributed by atoms with Crippen LogP contribution < -0.4 is 0 Å². The van der Waals surface area contributed by atoms with E-state index < -0.39 is 0 Å². The Morgan fingerprint density at radius 1 is 1.21 bits per heavy atom. The average Bonchev–Trinajstić information content (AvgIpc) is 2.46. The normalized spacial score (nSPS) is 9.64. The standard InChI is InChI=1S/C11H12O3/c1-7-4-5-10(14-7)6-11(8(2)12)9(3)13/h4-6H,1-3H3. The Bertz CT molecular complexity index is 380. The monoisotopic (exact) mass is 192 g/mol. The summed E-state index contributed by atoms with van der Waals surface area (Å²) in [7, 11) is 0. The molecule has 1 aromatic rings. The van der Waals surface area contributed by atoms with Crippen molar-refractivity contribution < 1.29 is 14.0 Å². The molecule has 0 fully saturated rings. The van der Waals surface area contributed by atoms with Crippen molar-refractivity contribution >= 4 is 17.6 Å². The number of aryl methyl sites for hydroxylation is 1. The van der Waals surface area contributed by atoms with Gasteiger partial charge in [-0.2, -0.15) is 0 Å². The zero-order valence-electron chi connectivity index (χ0n) is 8.46. The number of hydrogen-bond donors (Lipinski definition) is 0. The van der Waals surface area contributed by atoms with Gasteiger partial charge in [0.15, 0.2) is 11.6 Å². The Morgan fingerprint density at radius 2 is 1.79 bits per heavy atom. The van der Waals surface area contributed by atoms with Crippen LogP contribution in [0.5, 0.6) is 0 Å². The summed E-state index contributed by atoms with van der Waals surface area (Å²) in [6, 6.07) is 3.50. The number of hydrogen-bond acceptors (Lipinski definition) is 3. The molecule has 0 N–H and O–H groups in total. The van der Waals surface area contributed by atoms with Crippen LogP contribution in [0.2, 0.25) is 0 Å². The summed E-state index contributed by atoms with van der Waals surface area (Å²) in [6.07, 6.45) is 1.47. The average molecular weight is 192 g/mol. The molecule has 0 atom stereocenters. The Labute approximate surface area is 82.4 Å². The highest BCUT2D eigenvalue weighted by Gasteiger charge is 2.10. The lowest BCUT2D eigenvalue weighted by Crippen LogP contribution is -2.05. The van der Waals surface area contributed by atoms with Gasteiger partial charge < -0.3 is 4.42 Å². The van der Waals surface area contributed by atoms with Gasteiger partial charge >= 0.3 is 0 Å². The van der Waals surface area contributed by atoms with Gasteiger partial charge in [0, 0.05) is 0 Å². The van der Waals surface area contributed by atoms with Gasteiger partial charge in [0.05, 0.1) is 5.57 Å². The van der Waals surface area contributed by atoms with Crippen LogP contribution in [0.1, 0.15) is 25.4 Å². The first-order valence-electron chi connectivity index (χ1n) is 4.30. The lowest BCUT2D eigenvalue weighted by atomic mass is 10.1. The topological polar surface area (TPSA) is 47.3 Å². The number of carbonyl (C=O) groups is 2. The summed E-state index contributed by atoms with van der Waals surface area (Å²) < 4.78 is 5.23. The van der Waals surface area contributed by atoms with E-state index in [-0.39, 0.29) is 17.1 Å². The van der Waals surface area contributed by atoms with Crippen LogP contribution in [0, 0.1) is 6.92 Å². The summed E-state index contributed by atoms with van der Waals surface area (Å²) in [5.74, 6) is 0.795. The molecule has 0 saturated heterocycles. The van der Waals surface area contributed by atoms with E-state index >= 15 is 0 Å². The zero-order chi connectivity index (χ0) is 10.7. The quantitative estimate of drug-likeness (QED) is 0.419. The van der Waals surface area contributed by atoms with E-state index in [0.29, 0.717) is 5.76 Å². The van der Waals surface area contributed by atoms with Crippen LogP contribution in [0.4, 0.5) is 0 Å². The van der Waals surface area contributed by atoms with Crippen molar-refractivity contribution in [2.24, 2.45) is 0 Å². The number of carbonyl (C=O) groups excluding carboxylic acids is 2. The Balaban J connectivity index is 3.05. The summed E-state index contributed by atoms with van der Waals surface area (Å²) in [5.41, 5.74) is 0.166. The summed E-state index contributed by atoms with van der Waals surface area (Å²) in [4.78, 5) is 22.1. The van der Waals surface area contributed by atoms with E-state index in [9.17, 15) is 9.59 Å². The molecule has 1 aromatic heterocycles. The fraction of sp³-hybridized carbons (Fsp3) is 0.273. The highest BCUT2D eigenvalue weighted by Crippen LogP contribution is 2.12. The van der Waals surface area contributed by atoms with Crippen LogP contribution in [0.3, 0.4) is 0 Å². The van der Waals surface area contributed by atoms with Crippen LogP contribution in [-0.2, 0) is 9.59 Å². The molecule has 74 valence electrons.